The number of halogens is 1. The van der Waals surface area contributed by atoms with Crippen LogP contribution in [0, 0.1) is 5.92 Å². The SMILES string of the molecule is CCC(CC)CNC(=NC)N1CCN(CC(=O)N2CCCC2)CC1.I. The molecule has 25 heavy (non-hydrogen) atoms. The standard InChI is InChI=1S/C18H35N5O.HI/c1-4-16(5-2)14-20-18(19-3)23-12-10-21(11-13-23)15-17(24)22-8-6-7-9-22;/h16H,4-15H2,1-3H3,(H,19,20);1H. The van der Waals surface area contributed by atoms with Crippen molar-refractivity contribution in [3.05, 3.63) is 0 Å². The number of nitrogens with one attached hydrogen (secondary N) is 1. The topological polar surface area (TPSA) is 51.2 Å². The molecule has 0 aromatic carbocycles. The maximum absolute atomic E-state index is 12.3. The summed E-state index contributed by atoms with van der Waals surface area (Å²) in [6.45, 7) is 11.7. The molecule has 146 valence electrons. The van der Waals surface area contributed by atoms with Crippen LogP contribution < -0.4 is 5.32 Å². The van der Waals surface area contributed by atoms with E-state index in [0.29, 0.717) is 18.4 Å². The average Bonchev–Trinajstić information content (AvgIpc) is 3.15. The van der Waals surface area contributed by atoms with Gasteiger partial charge in [0.1, 0.15) is 0 Å². The fraction of sp³-hybridized carbons (Fsp3) is 0.889. The molecule has 0 saturated carbocycles. The van der Waals surface area contributed by atoms with E-state index in [2.05, 4.69) is 34.0 Å². The van der Waals surface area contributed by atoms with Crippen LogP contribution in [0.4, 0.5) is 0 Å². The monoisotopic (exact) mass is 465 g/mol. The second-order valence-electron chi connectivity index (χ2n) is 6.96. The predicted octanol–water partition coefficient (Wildman–Crippen LogP) is 1.86. The fourth-order valence-electron chi connectivity index (χ4n) is 3.52. The summed E-state index contributed by atoms with van der Waals surface area (Å²) in [5.74, 6) is 2.02. The van der Waals surface area contributed by atoms with Crippen LogP contribution in [-0.4, -0.2) is 86.0 Å². The van der Waals surface area contributed by atoms with Gasteiger partial charge in [0, 0.05) is 52.9 Å². The van der Waals surface area contributed by atoms with Crippen molar-refractivity contribution in [3.8, 4) is 0 Å². The van der Waals surface area contributed by atoms with Crippen molar-refractivity contribution in [2.75, 3.05) is 59.4 Å². The molecule has 2 aliphatic rings. The van der Waals surface area contributed by atoms with Crippen molar-refractivity contribution in [2.45, 2.75) is 39.5 Å². The van der Waals surface area contributed by atoms with E-state index in [0.717, 1.165) is 64.6 Å². The number of guanidine groups is 1. The summed E-state index contributed by atoms with van der Waals surface area (Å²) in [5.41, 5.74) is 0. The molecule has 6 nitrogen and oxygen atoms in total. The lowest BCUT2D eigenvalue weighted by atomic mass is 10.0. The van der Waals surface area contributed by atoms with Crippen LogP contribution >= 0.6 is 24.0 Å². The van der Waals surface area contributed by atoms with Crippen LogP contribution in [-0.2, 0) is 4.79 Å². The zero-order chi connectivity index (χ0) is 17.4. The highest BCUT2D eigenvalue weighted by atomic mass is 127. The van der Waals surface area contributed by atoms with Crippen LogP contribution in [0.1, 0.15) is 39.5 Å². The van der Waals surface area contributed by atoms with E-state index in [4.69, 9.17) is 0 Å². The summed E-state index contributed by atoms with van der Waals surface area (Å²) in [6, 6.07) is 0. The third-order valence-electron chi connectivity index (χ3n) is 5.40. The van der Waals surface area contributed by atoms with Crippen molar-refractivity contribution < 1.29 is 4.79 Å². The maximum atomic E-state index is 12.3. The largest absolute Gasteiger partial charge is 0.356 e. The van der Waals surface area contributed by atoms with E-state index in [1.807, 2.05) is 11.9 Å². The Morgan fingerprint density at radius 3 is 2.12 bits per heavy atom. The summed E-state index contributed by atoms with van der Waals surface area (Å²) in [5, 5.41) is 3.52. The lowest BCUT2D eigenvalue weighted by Crippen LogP contribution is -2.54. The Morgan fingerprint density at radius 2 is 1.60 bits per heavy atom. The summed E-state index contributed by atoms with van der Waals surface area (Å²) < 4.78 is 0. The first kappa shape index (κ1) is 22.5. The summed E-state index contributed by atoms with van der Waals surface area (Å²) in [7, 11) is 1.86. The molecule has 2 heterocycles. The number of likely N-dealkylation sites (tertiary alicyclic amines) is 1. The van der Waals surface area contributed by atoms with Crippen molar-refractivity contribution in [2.24, 2.45) is 10.9 Å². The Hall–Kier alpha value is -0.570. The molecule has 1 amide bonds. The molecule has 0 spiro atoms. The van der Waals surface area contributed by atoms with Gasteiger partial charge in [0.05, 0.1) is 6.54 Å². The molecule has 0 aromatic rings. The highest BCUT2D eigenvalue weighted by Crippen LogP contribution is 2.10. The van der Waals surface area contributed by atoms with E-state index < -0.39 is 0 Å². The summed E-state index contributed by atoms with van der Waals surface area (Å²) in [4.78, 5) is 23.3. The minimum atomic E-state index is 0. The number of aliphatic imine (C=N–C) groups is 1. The Bertz CT molecular complexity index is 414. The van der Waals surface area contributed by atoms with Crippen LogP contribution in [0.25, 0.3) is 0 Å². The van der Waals surface area contributed by atoms with Crippen molar-refractivity contribution in [3.63, 3.8) is 0 Å². The molecule has 1 N–H and O–H groups in total. The second kappa shape index (κ2) is 11.9. The first-order chi connectivity index (χ1) is 11.7. The van der Waals surface area contributed by atoms with E-state index in [-0.39, 0.29) is 24.0 Å². The van der Waals surface area contributed by atoms with Crippen LogP contribution in [0.3, 0.4) is 0 Å². The van der Waals surface area contributed by atoms with Gasteiger partial charge in [-0.15, -0.1) is 24.0 Å². The number of hydrogen-bond acceptors (Lipinski definition) is 3. The first-order valence-electron chi connectivity index (χ1n) is 9.63. The minimum Gasteiger partial charge on any atom is -0.356 e. The molecule has 7 heteroatoms. The third-order valence-corrected chi connectivity index (χ3v) is 5.40. The molecule has 2 fully saturated rings. The number of nitrogens with zero attached hydrogens (tertiary/aromatic N) is 4. The fourth-order valence-corrected chi connectivity index (χ4v) is 3.52. The molecular weight excluding hydrogens is 429 g/mol. The van der Waals surface area contributed by atoms with Crippen molar-refractivity contribution in [1.82, 2.24) is 20.0 Å². The quantitative estimate of drug-likeness (QED) is 0.370. The molecule has 0 atom stereocenters. The number of piperazine rings is 1. The maximum Gasteiger partial charge on any atom is 0.236 e. The Kier molecular flexibility index (Phi) is 10.7. The molecule has 0 bridgehead atoms. The third kappa shape index (κ3) is 6.92. The molecular formula is C18H36IN5O. The minimum absolute atomic E-state index is 0. The van der Waals surface area contributed by atoms with Gasteiger partial charge in [-0.1, -0.05) is 26.7 Å². The highest BCUT2D eigenvalue weighted by Gasteiger charge is 2.24. The molecule has 0 radical (unpaired) electrons. The molecule has 0 aliphatic carbocycles. The van der Waals surface area contributed by atoms with Gasteiger partial charge in [-0.05, 0) is 18.8 Å². The Labute approximate surface area is 170 Å². The lowest BCUT2D eigenvalue weighted by molar-refractivity contribution is -0.131. The van der Waals surface area contributed by atoms with Crippen LogP contribution in [0.2, 0.25) is 0 Å². The number of rotatable bonds is 6. The molecule has 2 saturated heterocycles. The molecule has 2 rings (SSSR count). The smallest absolute Gasteiger partial charge is 0.236 e. The van der Waals surface area contributed by atoms with E-state index in [1.165, 1.54) is 12.8 Å². The van der Waals surface area contributed by atoms with Gasteiger partial charge in [-0.2, -0.15) is 0 Å². The number of carbonyl (C=O) groups excluding carboxylic acids is 1. The lowest BCUT2D eigenvalue weighted by Gasteiger charge is -2.37. The molecule has 0 aromatic heterocycles. The van der Waals surface area contributed by atoms with Crippen molar-refractivity contribution >= 4 is 35.8 Å². The zero-order valence-corrected chi connectivity index (χ0v) is 18.5. The number of carbonyl (C=O) groups is 1. The highest BCUT2D eigenvalue weighted by molar-refractivity contribution is 14.0. The second-order valence-corrected chi connectivity index (χ2v) is 6.96. The zero-order valence-electron chi connectivity index (χ0n) is 16.2. The van der Waals surface area contributed by atoms with Gasteiger partial charge in [-0.25, -0.2) is 0 Å². The molecule has 0 unspecified atom stereocenters. The summed E-state index contributed by atoms with van der Waals surface area (Å²) in [6.07, 6.45) is 4.73. The van der Waals surface area contributed by atoms with Crippen molar-refractivity contribution in [1.29, 1.82) is 0 Å². The van der Waals surface area contributed by atoms with E-state index in [9.17, 15) is 4.79 Å². The van der Waals surface area contributed by atoms with Gasteiger partial charge in [0.2, 0.25) is 5.91 Å². The van der Waals surface area contributed by atoms with Gasteiger partial charge < -0.3 is 15.1 Å². The predicted molar refractivity (Wildman–Crippen MR) is 115 cm³/mol. The Morgan fingerprint density at radius 1 is 1.00 bits per heavy atom. The summed E-state index contributed by atoms with van der Waals surface area (Å²) >= 11 is 0. The number of amides is 1. The first-order valence-corrected chi connectivity index (χ1v) is 9.63. The van der Waals surface area contributed by atoms with Gasteiger partial charge >= 0.3 is 0 Å². The van der Waals surface area contributed by atoms with Gasteiger partial charge in [0.15, 0.2) is 5.96 Å². The van der Waals surface area contributed by atoms with Crippen LogP contribution in [0.15, 0.2) is 4.99 Å². The Balaban J connectivity index is 0.00000312. The molecule has 2 aliphatic heterocycles. The van der Waals surface area contributed by atoms with Crippen LogP contribution in [0.5, 0.6) is 0 Å². The average molecular weight is 465 g/mol. The van der Waals surface area contributed by atoms with E-state index >= 15 is 0 Å². The van der Waals surface area contributed by atoms with E-state index in [1.54, 1.807) is 0 Å². The van der Waals surface area contributed by atoms with Gasteiger partial charge in [0.25, 0.3) is 0 Å². The normalized spacial score (nSPS) is 19.3. The number of hydrogen-bond donors (Lipinski definition) is 1. The van der Waals surface area contributed by atoms with Gasteiger partial charge in [-0.3, -0.25) is 14.7 Å².